The summed E-state index contributed by atoms with van der Waals surface area (Å²) < 4.78 is 26.6. The number of carbonyl (C=O) groups is 1. The van der Waals surface area contributed by atoms with Crippen LogP contribution in [-0.4, -0.2) is 10.8 Å². The van der Waals surface area contributed by atoms with E-state index in [1.807, 2.05) is 0 Å². The number of nitrogens with one attached hydrogen (secondary N) is 2. The molecule has 1 heterocycles. The highest BCUT2D eigenvalue weighted by atomic mass is 32.1. The minimum absolute atomic E-state index is 0.0100. The standard InChI is InChI=1S/C13H11F2N3O3S/c1-7(19)17-12-4-10(15)9(14)3-11(12)16-5-8-2-13(18(20)21)22-6-8/h2-4,6,16H,5H2,1H3,(H,17,19). The van der Waals surface area contributed by atoms with Gasteiger partial charge in [-0.15, -0.1) is 0 Å². The highest BCUT2D eigenvalue weighted by molar-refractivity contribution is 7.13. The summed E-state index contributed by atoms with van der Waals surface area (Å²) in [5, 5.41) is 17.4. The Morgan fingerprint density at radius 2 is 1.91 bits per heavy atom. The Kier molecular flexibility index (Phi) is 4.66. The fraction of sp³-hybridized carbons (Fsp3) is 0.154. The number of hydrogen-bond donors (Lipinski definition) is 2. The van der Waals surface area contributed by atoms with Gasteiger partial charge in [0.25, 0.3) is 0 Å². The van der Waals surface area contributed by atoms with Crippen LogP contribution in [0.5, 0.6) is 0 Å². The van der Waals surface area contributed by atoms with Crippen molar-refractivity contribution < 1.29 is 18.5 Å². The third-order valence-corrected chi connectivity index (χ3v) is 3.60. The van der Waals surface area contributed by atoms with Crippen LogP contribution in [0.1, 0.15) is 12.5 Å². The molecule has 0 radical (unpaired) electrons. The van der Waals surface area contributed by atoms with Gasteiger partial charge >= 0.3 is 5.00 Å². The maximum absolute atomic E-state index is 13.3. The SMILES string of the molecule is CC(=O)Nc1cc(F)c(F)cc1NCc1csc([N+](=O)[O-])c1. The van der Waals surface area contributed by atoms with Crippen LogP contribution in [0.15, 0.2) is 23.6 Å². The molecule has 0 unspecified atom stereocenters. The Morgan fingerprint density at radius 3 is 2.45 bits per heavy atom. The van der Waals surface area contributed by atoms with Crippen molar-refractivity contribution >= 4 is 33.6 Å². The number of nitrogens with zero attached hydrogens (tertiary/aromatic N) is 1. The molecule has 0 fully saturated rings. The first-order chi connectivity index (χ1) is 10.4. The Balaban J connectivity index is 2.18. The molecule has 1 aromatic heterocycles. The fourth-order valence-corrected chi connectivity index (χ4v) is 2.46. The van der Waals surface area contributed by atoms with E-state index in [-0.39, 0.29) is 22.9 Å². The lowest BCUT2D eigenvalue weighted by atomic mass is 10.2. The van der Waals surface area contributed by atoms with E-state index in [0.717, 1.165) is 23.5 Å². The van der Waals surface area contributed by atoms with Crippen LogP contribution in [0, 0.1) is 21.7 Å². The van der Waals surface area contributed by atoms with Crippen LogP contribution < -0.4 is 10.6 Å². The lowest BCUT2D eigenvalue weighted by molar-refractivity contribution is -0.380. The van der Waals surface area contributed by atoms with Crippen molar-refractivity contribution in [2.45, 2.75) is 13.5 Å². The molecule has 0 aliphatic rings. The van der Waals surface area contributed by atoms with Crippen molar-refractivity contribution in [1.29, 1.82) is 0 Å². The second-order valence-electron chi connectivity index (χ2n) is 4.40. The van der Waals surface area contributed by atoms with E-state index in [1.54, 1.807) is 5.38 Å². The molecule has 2 aromatic rings. The Labute approximate surface area is 127 Å². The number of carbonyl (C=O) groups excluding carboxylic acids is 1. The van der Waals surface area contributed by atoms with Crippen molar-refractivity contribution in [2.75, 3.05) is 10.6 Å². The van der Waals surface area contributed by atoms with Crippen molar-refractivity contribution in [2.24, 2.45) is 0 Å². The van der Waals surface area contributed by atoms with Crippen LogP contribution in [0.3, 0.4) is 0 Å². The number of halogens is 2. The summed E-state index contributed by atoms with van der Waals surface area (Å²) in [6, 6.07) is 3.17. The summed E-state index contributed by atoms with van der Waals surface area (Å²) in [7, 11) is 0. The van der Waals surface area contributed by atoms with Gasteiger partial charge in [0.05, 0.1) is 16.3 Å². The molecule has 1 amide bonds. The Bertz CT molecular complexity index is 733. The number of amides is 1. The van der Waals surface area contributed by atoms with Crippen molar-refractivity contribution in [3.8, 4) is 0 Å². The molecular weight excluding hydrogens is 316 g/mol. The normalized spacial score (nSPS) is 10.3. The second-order valence-corrected chi connectivity index (χ2v) is 5.29. The molecule has 22 heavy (non-hydrogen) atoms. The topological polar surface area (TPSA) is 84.3 Å². The molecule has 9 heteroatoms. The van der Waals surface area contributed by atoms with E-state index < -0.39 is 22.5 Å². The van der Waals surface area contributed by atoms with Gasteiger partial charge in [-0.1, -0.05) is 11.3 Å². The predicted octanol–water partition coefficient (Wildman–Crippen LogP) is 3.51. The van der Waals surface area contributed by atoms with Gasteiger partial charge in [0.1, 0.15) is 0 Å². The largest absolute Gasteiger partial charge is 0.379 e. The highest BCUT2D eigenvalue weighted by Crippen LogP contribution is 2.27. The molecule has 6 nitrogen and oxygen atoms in total. The number of rotatable bonds is 5. The van der Waals surface area contributed by atoms with Crippen LogP contribution in [-0.2, 0) is 11.3 Å². The van der Waals surface area contributed by atoms with Crippen LogP contribution in [0.4, 0.5) is 25.2 Å². The van der Waals surface area contributed by atoms with Gasteiger partial charge < -0.3 is 10.6 Å². The zero-order valence-corrected chi connectivity index (χ0v) is 12.2. The maximum Gasteiger partial charge on any atom is 0.324 e. The van der Waals surface area contributed by atoms with Crippen molar-refractivity contribution in [3.05, 3.63) is 50.9 Å². The van der Waals surface area contributed by atoms with E-state index in [2.05, 4.69) is 10.6 Å². The summed E-state index contributed by atoms with van der Waals surface area (Å²) in [6.45, 7) is 1.41. The first kappa shape index (κ1) is 15.8. The highest BCUT2D eigenvalue weighted by Gasteiger charge is 2.13. The van der Waals surface area contributed by atoms with Gasteiger partial charge in [-0.2, -0.15) is 0 Å². The Morgan fingerprint density at radius 1 is 1.27 bits per heavy atom. The van der Waals surface area contributed by atoms with Crippen molar-refractivity contribution in [1.82, 2.24) is 0 Å². The molecule has 0 saturated heterocycles. The van der Waals surface area contributed by atoms with Crippen LogP contribution in [0.2, 0.25) is 0 Å². The first-order valence-corrected chi connectivity index (χ1v) is 6.97. The third-order valence-electron chi connectivity index (χ3n) is 2.67. The van der Waals surface area contributed by atoms with Gasteiger partial charge in [-0.25, -0.2) is 8.78 Å². The molecule has 0 saturated carbocycles. The molecule has 0 spiro atoms. The number of nitro groups is 1. The van der Waals surface area contributed by atoms with E-state index in [0.29, 0.717) is 5.56 Å². The van der Waals surface area contributed by atoms with Gasteiger partial charge in [0, 0.05) is 37.0 Å². The average molecular weight is 327 g/mol. The van der Waals surface area contributed by atoms with E-state index in [9.17, 15) is 23.7 Å². The average Bonchev–Trinajstić information content (AvgIpc) is 2.89. The predicted molar refractivity (Wildman–Crippen MR) is 79.0 cm³/mol. The fourth-order valence-electron chi connectivity index (χ4n) is 1.73. The summed E-state index contributed by atoms with van der Waals surface area (Å²) in [5.41, 5.74) is 0.897. The van der Waals surface area contributed by atoms with Gasteiger partial charge in [-0.3, -0.25) is 14.9 Å². The number of thiophene rings is 1. The zero-order valence-electron chi connectivity index (χ0n) is 11.4. The molecular formula is C13H11F2N3O3S. The van der Waals surface area contributed by atoms with Crippen LogP contribution in [0.25, 0.3) is 0 Å². The summed E-state index contributed by atoms with van der Waals surface area (Å²) >= 11 is 0.970. The quantitative estimate of drug-likeness (QED) is 0.650. The van der Waals surface area contributed by atoms with Crippen molar-refractivity contribution in [3.63, 3.8) is 0 Å². The summed E-state index contributed by atoms with van der Waals surface area (Å²) in [5.74, 6) is -2.58. The van der Waals surface area contributed by atoms with Gasteiger partial charge in [0.2, 0.25) is 5.91 Å². The van der Waals surface area contributed by atoms with Crippen LogP contribution >= 0.6 is 11.3 Å². The number of hydrogen-bond acceptors (Lipinski definition) is 5. The Hall–Kier alpha value is -2.55. The van der Waals surface area contributed by atoms with E-state index >= 15 is 0 Å². The molecule has 0 aliphatic heterocycles. The molecule has 1 aromatic carbocycles. The number of benzene rings is 1. The van der Waals surface area contributed by atoms with E-state index in [1.165, 1.54) is 13.0 Å². The molecule has 2 rings (SSSR count). The molecule has 0 aliphatic carbocycles. The van der Waals surface area contributed by atoms with E-state index in [4.69, 9.17) is 0 Å². The number of anilines is 2. The molecule has 116 valence electrons. The third kappa shape index (κ3) is 3.76. The molecule has 2 N–H and O–H groups in total. The smallest absolute Gasteiger partial charge is 0.324 e. The molecule has 0 bridgehead atoms. The maximum atomic E-state index is 13.3. The zero-order chi connectivity index (χ0) is 16.3. The lowest BCUT2D eigenvalue weighted by Crippen LogP contribution is -2.10. The van der Waals surface area contributed by atoms with Gasteiger partial charge in [0.15, 0.2) is 11.6 Å². The second kappa shape index (κ2) is 6.48. The first-order valence-electron chi connectivity index (χ1n) is 6.09. The summed E-state index contributed by atoms with van der Waals surface area (Å²) in [4.78, 5) is 21.2. The lowest BCUT2D eigenvalue weighted by Gasteiger charge is -2.12. The van der Waals surface area contributed by atoms with Gasteiger partial charge in [-0.05, 0) is 5.56 Å². The molecule has 0 atom stereocenters. The monoisotopic (exact) mass is 327 g/mol. The summed E-state index contributed by atoms with van der Waals surface area (Å²) in [6.07, 6.45) is 0. The minimum atomic E-state index is -1.08. The minimum Gasteiger partial charge on any atom is -0.379 e.